The molecule has 3 N–H and O–H groups in total. The van der Waals surface area contributed by atoms with Crippen LogP contribution < -0.4 is 0 Å². The number of hydrogen-bond acceptors (Lipinski definition) is 3. The molecule has 1 aromatic heterocycles. The van der Waals surface area contributed by atoms with Crippen LogP contribution in [0, 0.1) is 0 Å². The monoisotopic (exact) mass is 215 g/mol. The summed E-state index contributed by atoms with van der Waals surface area (Å²) in [6.45, 7) is 0. The minimum Gasteiger partial charge on any atom is -0.508 e. The van der Waals surface area contributed by atoms with Crippen LogP contribution in [0.2, 0.25) is 0 Å². The van der Waals surface area contributed by atoms with Crippen LogP contribution in [-0.4, -0.2) is 20.2 Å². The van der Waals surface area contributed by atoms with Crippen LogP contribution >= 0.6 is 0 Å². The molecule has 0 radical (unpaired) electrons. The molecule has 0 saturated carbocycles. The molecule has 0 bridgehead atoms. The van der Waals surface area contributed by atoms with E-state index in [0.717, 1.165) is 4.73 Å². The third kappa shape index (κ3) is 1.04. The topological polar surface area (TPSA) is 65.6 Å². The highest BCUT2D eigenvalue weighted by Gasteiger charge is 2.10. The van der Waals surface area contributed by atoms with Gasteiger partial charge >= 0.3 is 0 Å². The summed E-state index contributed by atoms with van der Waals surface area (Å²) in [4.78, 5) is 0. The number of phenols is 2. The molecule has 3 rings (SSSR count). The van der Waals surface area contributed by atoms with Gasteiger partial charge in [-0.3, -0.25) is 0 Å². The molecule has 0 aliphatic heterocycles. The predicted molar refractivity (Wildman–Crippen MR) is 60.0 cm³/mol. The zero-order valence-corrected chi connectivity index (χ0v) is 8.25. The maximum Gasteiger partial charge on any atom is 0.116 e. The van der Waals surface area contributed by atoms with Gasteiger partial charge in [0.25, 0.3) is 0 Å². The Bertz CT molecular complexity index is 641. The molecule has 0 saturated heterocycles. The smallest absolute Gasteiger partial charge is 0.116 e. The average Bonchev–Trinajstić information content (AvgIpc) is 2.52. The molecule has 1 heterocycles. The van der Waals surface area contributed by atoms with Crippen LogP contribution in [0.1, 0.15) is 0 Å². The van der Waals surface area contributed by atoms with Gasteiger partial charge in [0.15, 0.2) is 0 Å². The highest BCUT2D eigenvalue weighted by molar-refractivity contribution is 6.08. The van der Waals surface area contributed by atoms with Gasteiger partial charge in [0.2, 0.25) is 0 Å². The summed E-state index contributed by atoms with van der Waals surface area (Å²) in [6.07, 6.45) is 0. The second-order valence-corrected chi connectivity index (χ2v) is 3.71. The molecule has 0 spiro atoms. The number of hydrogen-bond donors (Lipinski definition) is 3. The third-order valence-corrected chi connectivity index (χ3v) is 2.71. The SMILES string of the molecule is Oc1ccc2c(c1)c1cc(O)ccc1n2O. The van der Waals surface area contributed by atoms with Crippen molar-refractivity contribution in [2.75, 3.05) is 0 Å². The first-order chi connectivity index (χ1) is 7.66. The van der Waals surface area contributed by atoms with Crippen molar-refractivity contribution in [3.8, 4) is 11.5 Å². The van der Waals surface area contributed by atoms with Crippen molar-refractivity contribution in [1.29, 1.82) is 0 Å². The fourth-order valence-electron chi connectivity index (χ4n) is 1.98. The van der Waals surface area contributed by atoms with Gasteiger partial charge in [-0.25, -0.2) is 0 Å². The Balaban J connectivity index is 2.60. The lowest BCUT2D eigenvalue weighted by Crippen LogP contribution is -1.87. The molecule has 0 amide bonds. The Labute approximate surface area is 90.6 Å². The molecular formula is C12H9NO3. The summed E-state index contributed by atoms with van der Waals surface area (Å²) in [7, 11) is 0. The number of aromatic hydroxyl groups is 2. The largest absolute Gasteiger partial charge is 0.508 e. The van der Waals surface area contributed by atoms with E-state index in [9.17, 15) is 15.4 Å². The maximum atomic E-state index is 9.89. The van der Waals surface area contributed by atoms with Gasteiger partial charge < -0.3 is 15.4 Å². The first-order valence-electron chi connectivity index (χ1n) is 4.82. The molecular weight excluding hydrogens is 206 g/mol. The van der Waals surface area contributed by atoms with Crippen molar-refractivity contribution < 1.29 is 15.4 Å². The van der Waals surface area contributed by atoms with Crippen molar-refractivity contribution in [2.45, 2.75) is 0 Å². The lowest BCUT2D eigenvalue weighted by molar-refractivity contribution is 0.213. The second-order valence-electron chi connectivity index (χ2n) is 3.71. The van der Waals surface area contributed by atoms with Crippen LogP contribution in [0.15, 0.2) is 36.4 Å². The molecule has 4 heteroatoms. The zero-order valence-electron chi connectivity index (χ0n) is 8.25. The lowest BCUT2D eigenvalue weighted by atomic mass is 10.1. The van der Waals surface area contributed by atoms with E-state index in [0.29, 0.717) is 21.8 Å². The van der Waals surface area contributed by atoms with Gasteiger partial charge in [-0.05, 0) is 36.4 Å². The lowest BCUT2D eigenvalue weighted by Gasteiger charge is -1.95. The van der Waals surface area contributed by atoms with Crippen molar-refractivity contribution in [1.82, 2.24) is 4.73 Å². The number of fused-ring (bicyclic) bond motifs is 3. The quantitative estimate of drug-likeness (QED) is 0.504. The summed E-state index contributed by atoms with van der Waals surface area (Å²) in [5, 5.41) is 30.1. The number of rotatable bonds is 0. The molecule has 3 aromatic rings. The molecule has 4 nitrogen and oxygen atoms in total. The predicted octanol–water partition coefficient (Wildman–Crippen LogP) is 2.44. The Morgan fingerprint density at radius 2 is 1.19 bits per heavy atom. The summed E-state index contributed by atoms with van der Waals surface area (Å²) in [5.74, 6) is 0.256. The number of nitrogens with zero attached hydrogens (tertiary/aromatic N) is 1. The Morgan fingerprint density at radius 1 is 0.750 bits per heavy atom. The van der Waals surface area contributed by atoms with E-state index in [1.807, 2.05) is 0 Å². The van der Waals surface area contributed by atoms with Gasteiger partial charge in [0, 0.05) is 10.8 Å². The van der Waals surface area contributed by atoms with Crippen LogP contribution in [0.5, 0.6) is 11.5 Å². The summed E-state index contributed by atoms with van der Waals surface area (Å²) < 4.78 is 1.05. The third-order valence-electron chi connectivity index (χ3n) is 2.71. The Kier molecular flexibility index (Phi) is 1.57. The van der Waals surface area contributed by atoms with E-state index in [-0.39, 0.29) is 11.5 Å². The van der Waals surface area contributed by atoms with Crippen molar-refractivity contribution in [3.05, 3.63) is 36.4 Å². The maximum absolute atomic E-state index is 9.89. The fourth-order valence-corrected chi connectivity index (χ4v) is 1.98. The highest BCUT2D eigenvalue weighted by atomic mass is 16.5. The summed E-state index contributed by atoms with van der Waals surface area (Å²) in [6, 6.07) is 9.39. The molecule has 0 aliphatic carbocycles. The van der Waals surface area contributed by atoms with Crippen molar-refractivity contribution >= 4 is 21.8 Å². The van der Waals surface area contributed by atoms with Crippen LogP contribution in [0.3, 0.4) is 0 Å². The first-order valence-corrected chi connectivity index (χ1v) is 4.82. The summed E-state index contributed by atoms with van der Waals surface area (Å²) >= 11 is 0. The van der Waals surface area contributed by atoms with E-state index in [1.54, 1.807) is 24.3 Å². The van der Waals surface area contributed by atoms with E-state index in [2.05, 4.69) is 0 Å². The molecule has 80 valence electrons. The minimum absolute atomic E-state index is 0.128. The number of benzene rings is 2. The van der Waals surface area contributed by atoms with E-state index < -0.39 is 0 Å². The highest BCUT2D eigenvalue weighted by Crippen LogP contribution is 2.32. The second kappa shape index (κ2) is 2.82. The minimum atomic E-state index is 0.128. The zero-order chi connectivity index (χ0) is 11.3. The van der Waals surface area contributed by atoms with E-state index >= 15 is 0 Å². The van der Waals surface area contributed by atoms with Crippen LogP contribution in [-0.2, 0) is 0 Å². The normalized spacial score (nSPS) is 11.2. The van der Waals surface area contributed by atoms with Crippen LogP contribution in [0.25, 0.3) is 21.8 Å². The molecule has 16 heavy (non-hydrogen) atoms. The molecule has 0 unspecified atom stereocenters. The number of aromatic nitrogens is 1. The Morgan fingerprint density at radius 3 is 1.62 bits per heavy atom. The van der Waals surface area contributed by atoms with Gasteiger partial charge in [0.1, 0.15) is 11.5 Å². The average molecular weight is 215 g/mol. The molecule has 0 aliphatic rings. The van der Waals surface area contributed by atoms with E-state index in [1.165, 1.54) is 12.1 Å². The van der Waals surface area contributed by atoms with Crippen LogP contribution in [0.4, 0.5) is 0 Å². The van der Waals surface area contributed by atoms with Crippen molar-refractivity contribution in [3.63, 3.8) is 0 Å². The van der Waals surface area contributed by atoms with Gasteiger partial charge in [-0.15, -0.1) is 0 Å². The van der Waals surface area contributed by atoms with Gasteiger partial charge in [-0.1, -0.05) is 0 Å². The number of phenolic OH excluding ortho intramolecular Hbond substituents is 2. The fraction of sp³-hybridized carbons (Fsp3) is 0. The molecule has 2 aromatic carbocycles. The standard InChI is InChI=1S/C12H9NO3/c14-7-1-3-11-9(5-7)10-6-8(15)2-4-12(10)13(11)16/h1-6,14-16H. The molecule has 0 atom stereocenters. The Hall–Kier alpha value is -2.36. The van der Waals surface area contributed by atoms with Gasteiger partial charge in [-0.2, -0.15) is 4.73 Å². The van der Waals surface area contributed by atoms with Crippen molar-refractivity contribution in [2.24, 2.45) is 0 Å². The van der Waals surface area contributed by atoms with Gasteiger partial charge in [0.05, 0.1) is 11.0 Å². The molecule has 0 fully saturated rings. The first kappa shape index (κ1) is 8.91. The van der Waals surface area contributed by atoms with E-state index in [4.69, 9.17) is 0 Å². The summed E-state index contributed by atoms with van der Waals surface area (Å²) in [5.41, 5.74) is 1.19.